The molecule has 90 valence electrons. The van der Waals surface area contributed by atoms with Gasteiger partial charge in [-0.25, -0.2) is 9.78 Å². The summed E-state index contributed by atoms with van der Waals surface area (Å²) in [6.45, 7) is 0. The predicted molar refractivity (Wildman–Crippen MR) is 67.2 cm³/mol. The zero-order chi connectivity index (χ0) is 12.7. The lowest BCUT2D eigenvalue weighted by Gasteiger charge is -1.96. The summed E-state index contributed by atoms with van der Waals surface area (Å²) < 4.78 is 0. The molecule has 0 saturated carbocycles. The number of nitrogens with zero attached hydrogens (tertiary/aromatic N) is 1. The number of nitrogens with two attached hydrogens (primary N) is 1. The van der Waals surface area contributed by atoms with Crippen LogP contribution in [0.4, 0.5) is 5.69 Å². The van der Waals surface area contributed by atoms with E-state index >= 15 is 0 Å². The van der Waals surface area contributed by atoms with Gasteiger partial charge in [-0.05, 0) is 24.3 Å². The maximum atomic E-state index is 11.5. The number of imidazole rings is 1. The van der Waals surface area contributed by atoms with E-state index in [0.717, 1.165) is 5.56 Å². The normalized spacial score (nSPS) is 10.9. The number of hydrogen-bond acceptors (Lipinski definition) is 4. The zero-order valence-corrected chi connectivity index (χ0v) is 9.15. The molecule has 1 aromatic carbocycles. The lowest BCUT2D eigenvalue weighted by molar-refractivity contribution is 1.07. The average Bonchev–Trinajstić information content (AvgIpc) is 2.74. The first-order chi connectivity index (χ1) is 8.63. The molecule has 0 atom stereocenters. The van der Waals surface area contributed by atoms with Gasteiger partial charge in [0.1, 0.15) is 11.3 Å². The molecule has 3 aromatic rings. The van der Waals surface area contributed by atoms with Gasteiger partial charge in [-0.3, -0.25) is 14.8 Å². The number of hydrogen-bond donors (Lipinski definition) is 4. The van der Waals surface area contributed by atoms with Crippen molar-refractivity contribution in [1.29, 1.82) is 0 Å². The highest BCUT2D eigenvalue weighted by molar-refractivity contribution is 5.74. The average molecular weight is 243 g/mol. The molecular formula is C11H9N5O2. The molecule has 0 unspecified atom stereocenters. The molecule has 0 aliphatic carbocycles. The molecular weight excluding hydrogens is 234 g/mol. The van der Waals surface area contributed by atoms with Gasteiger partial charge in [0.15, 0.2) is 5.65 Å². The fraction of sp³-hybridized carbons (Fsp3) is 0. The van der Waals surface area contributed by atoms with E-state index in [1.807, 2.05) is 0 Å². The Morgan fingerprint density at radius 3 is 2.44 bits per heavy atom. The SMILES string of the molecule is Nc1ccc(-c2nc3[nH]c(=O)[nH]c(=O)c3[nH]2)cc1. The van der Waals surface area contributed by atoms with Gasteiger partial charge in [0.05, 0.1) is 0 Å². The maximum absolute atomic E-state index is 11.5. The van der Waals surface area contributed by atoms with Crippen LogP contribution in [0.15, 0.2) is 33.9 Å². The Hall–Kier alpha value is -2.83. The second-order valence-electron chi connectivity index (χ2n) is 3.84. The van der Waals surface area contributed by atoms with Crippen molar-refractivity contribution < 1.29 is 0 Å². The monoisotopic (exact) mass is 243 g/mol. The second kappa shape index (κ2) is 3.59. The standard InChI is InChI=1S/C11H9N5O2/c12-6-3-1-5(2-4-6)8-13-7-9(14-8)15-11(18)16-10(7)17/h1-4H,12H2,(H3,13,14,15,16,17,18). The molecule has 0 aliphatic heterocycles. The fourth-order valence-electron chi connectivity index (χ4n) is 1.71. The van der Waals surface area contributed by atoms with Gasteiger partial charge in [-0.2, -0.15) is 0 Å². The number of rotatable bonds is 1. The summed E-state index contributed by atoms with van der Waals surface area (Å²) in [6.07, 6.45) is 0. The smallest absolute Gasteiger partial charge is 0.327 e. The summed E-state index contributed by atoms with van der Waals surface area (Å²) in [7, 11) is 0. The third kappa shape index (κ3) is 1.58. The Morgan fingerprint density at radius 1 is 1.00 bits per heavy atom. The van der Waals surface area contributed by atoms with Crippen LogP contribution in [-0.2, 0) is 0 Å². The van der Waals surface area contributed by atoms with Gasteiger partial charge in [0, 0.05) is 11.3 Å². The van der Waals surface area contributed by atoms with Gasteiger partial charge in [0.25, 0.3) is 5.56 Å². The molecule has 0 saturated heterocycles. The third-order valence-corrected chi connectivity index (χ3v) is 2.57. The third-order valence-electron chi connectivity index (χ3n) is 2.57. The van der Waals surface area contributed by atoms with Crippen molar-refractivity contribution in [3.8, 4) is 11.4 Å². The van der Waals surface area contributed by atoms with Gasteiger partial charge >= 0.3 is 5.69 Å². The zero-order valence-electron chi connectivity index (χ0n) is 9.15. The topological polar surface area (TPSA) is 120 Å². The van der Waals surface area contributed by atoms with Crippen molar-refractivity contribution in [2.75, 3.05) is 5.73 Å². The minimum absolute atomic E-state index is 0.232. The largest absolute Gasteiger partial charge is 0.399 e. The first kappa shape index (κ1) is 10.3. The summed E-state index contributed by atoms with van der Waals surface area (Å²) in [5.74, 6) is 0.498. The summed E-state index contributed by atoms with van der Waals surface area (Å²) >= 11 is 0. The molecule has 5 N–H and O–H groups in total. The van der Waals surface area contributed by atoms with Crippen molar-refractivity contribution in [3.63, 3.8) is 0 Å². The lowest BCUT2D eigenvalue weighted by atomic mass is 10.2. The molecule has 2 heterocycles. The van der Waals surface area contributed by atoms with Crippen LogP contribution in [0.1, 0.15) is 0 Å². The summed E-state index contributed by atoms with van der Waals surface area (Å²) in [6, 6.07) is 7.02. The number of aromatic nitrogens is 4. The minimum atomic E-state index is -0.581. The maximum Gasteiger partial charge on any atom is 0.327 e. The highest BCUT2D eigenvalue weighted by Gasteiger charge is 2.08. The van der Waals surface area contributed by atoms with Crippen molar-refractivity contribution in [1.82, 2.24) is 19.9 Å². The molecule has 7 nitrogen and oxygen atoms in total. The van der Waals surface area contributed by atoms with E-state index in [4.69, 9.17) is 5.73 Å². The summed E-state index contributed by atoms with van der Waals surface area (Å²) in [5, 5.41) is 0. The van der Waals surface area contributed by atoms with Crippen molar-refractivity contribution in [2.24, 2.45) is 0 Å². The van der Waals surface area contributed by atoms with Gasteiger partial charge in [-0.1, -0.05) is 0 Å². The first-order valence-corrected chi connectivity index (χ1v) is 5.22. The Labute approximate surface area is 99.7 Å². The number of aromatic amines is 3. The Morgan fingerprint density at radius 2 is 1.72 bits per heavy atom. The van der Waals surface area contributed by atoms with Crippen LogP contribution < -0.4 is 17.0 Å². The van der Waals surface area contributed by atoms with Gasteiger partial charge in [0.2, 0.25) is 0 Å². The van der Waals surface area contributed by atoms with Crippen molar-refractivity contribution in [2.45, 2.75) is 0 Å². The highest BCUT2D eigenvalue weighted by atomic mass is 16.2. The molecule has 0 amide bonds. The number of fused-ring (bicyclic) bond motifs is 1. The number of benzene rings is 1. The Balaban J connectivity index is 2.25. The van der Waals surface area contributed by atoms with Crippen molar-refractivity contribution in [3.05, 3.63) is 45.1 Å². The van der Waals surface area contributed by atoms with Crippen LogP contribution >= 0.6 is 0 Å². The molecule has 0 fully saturated rings. The predicted octanol–water partition coefficient (Wildman–Crippen LogP) is 0.189. The molecule has 0 bridgehead atoms. The summed E-state index contributed by atoms with van der Waals surface area (Å²) in [4.78, 5) is 34.3. The summed E-state index contributed by atoms with van der Waals surface area (Å²) in [5.41, 5.74) is 6.40. The Kier molecular flexibility index (Phi) is 2.06. The van der Waals surface area contributed by atoms with Crippen LogP contribution in [0.25, 0.3) is 22.6 Å². The Bertz CT molecular complexity index is 825. The van der Waals surface area contributed by atoms with E-state index < -0.39 is 11.2 Å². The van der Waals surface area contributed by atoms with Gasteiger partial charge in [-0.15, -0.1) is 0 Å². The number of nitrogen functional groups attached to an aromatic ring is 1. The molecule has 18 heavy (non-hydrogen) atoms. The number of H-pyrrole nitrogens is 3. The van der Waals surface area contributed by atoms with Crippen LogP contribution in [0.5, 0.6) is 0 Å². The van der Waals surface area contributed by atoms with Gasteiger partial charge < -0.3 is 10.7 Å². The van der Waals surface area contributed by atoms with E-state index in [9.17, 15) is 9.59 Å². The molecule has 7 heteroatoms. The van der Waals surface area contributed by atoms with E-state index in [0.29, 0.717) is 11.5 Å². The highest BCUT2D eigenvalue weighted by Crippen LogP contribution is 2.18. The number of anilines is 1. The fourth-order valence-corrected chi connectivity index (χ4v) is 1.71. The quantitative estimate of drug-likeness (QED) is 0.456. The lowest BCUT2D eigenvalue weighted by Crippen LogP contribution is -2.21. The second-order valence-corrected chi connectivity index (χ2v) is 3.84. The van der Waals surface area contributed by atoms with E-state index in [2.05, 4.69) is 19.9 Å². The molecule has 2 aromatic heterocycles. The van der Waals surface area contributed by atoms with E-state index in [-0.39, 0.29) is 11.2 Å². The van der Waals surface area contributed by atoms with Crippen LogP contribution in [-0.4, -0.2) is 19.9 Å². The van der Waals surface area contributed by atoms with E-state index in [1.54, 1.807) is 24.3 Å². The van der Waals surface area contributed by atoms with Crippen LogP contribution in [0.2, 0.25) is 0 Å². The molecule has 0 radical (unpaired) electrons. The van der Waals surface area contributed by atoms with E-state index in [1.165, 1.54) is 0 Å². The molecule has 0 spiro atoms. The van der Waals surface area contributed by atoms with Crippen molar-refractivity contribution >= 4 is 16.9 Å². The van der Waals surface area contributed by atoms with Crippen LogP contribution in [0, 0.1) is 0 Å². The number of nitrogens with one attached hydrogen (secondary N) is 3. The van der Waals surface area contributed by atoms with Crippen LogP contribution in [0.3, 0.4) is 0 Å². The molecule has 0 aliphatic rings. The first-order valence-electron chi connectivity index (χ1n) is 5.22. The minimum Gasteiger partial charge on any atom is -0.399 e. The molecule has 3 rings (SSSR count).